The maximum absolute atomic E-state index is 12.3. The third-order valence-corrected chi connectivity index (χ3v) is 6.57. The number of aliphatic imine (C=N–C) groups is 1. The van der Waals surface area contributed by atoms with Crippen molar-refractivity contribution in [1.29, 1.82) is 0 Å². The van der Waals surface area contributed by atoms with Crippen LogP contribution < -0.4 is 5.43 Å². The minimum Gasteiger partial charge on any atom is -0.273 e. The zero-order valence-corrected chi connectivity index (χ0v) is 21.1. The fraction of sp³-hybridized carbons (Fsp3) is 0.593. The molecule has 0 radical (unpaired) electrons. The van der Waals surface area contributed by atoms with Crippen molar-refractivity contribution in [2.75, 3.05) is 5.75 Å². The maximum Gasteiger partial charge on any atom is 0.258 e. The number of thioether (sulfide) groups is 1. The monoisotopic (exact) mass is 471 g/mol. The van der Waals surface area contributed by atoms with Crippen LogP contribution in [0.3, 0.4) is 0 Å². The molecule has 6 heteroatoms. The predicted molar refractivity (Wildman–Crippen MR) is 140 cm³/mol. The van der Waals surface area contributed by atoms with Crippen LogP contribution in [-0.4, -0.2) is 27.7 Å². The third-order valence-electron chi connectivity index (χ3n) is 5.65. The Bertz CT molecular complexity index is 749. The van der Waals surface area contributed by atoms with Crippen molar-refractivity contribution in [3.05, 3.63) is 42.5 Å². The number of carbonyl (C=O) groups excluding carboxylic acids is 2. The summed E-state index contributed by atoms with van der Waals surface area (Å²) < 4.78 is 0. The van der Waals surface area contributed by atoms with E-state index in [2.05, 4.69) is 29.5 Å². The van der Waals surface area contributed by atoms with E-state index in [0.29, 0.717) is 17.3 Å². The molecular formula is C27H41N3O2S. The number of para-hydroxylation sites is 1. The molecule has 1 fully saturated rings. The normalized spacial score (nSPS) is 15.1. The SMILES string of the molecule is CCCCCCCC/C=C\CCCCCCCC(=O)NN1C(=O)CSC1=Nc1ccccc1. The van der Waals surface area contributed by atoms with E-state index in [0.717, 1.165) is 31.4 Å². The fourth-order valence-electron chi connectivity index (χ4n) is 3.70. The van der Waals surface area contributed by atoms with E-state index in [9.17, 15) is 9.59 Å². The number of hydrogen-bond donors (Lipinski definition) is 1. The largest absolute Gasteiger partial charge is 0.273 e. The Morgan fingerprint density at radius 1 is 0.939 bits per heavy atom. The highest BCUT2D eigenvalue weighted by molar-refractivity contribution is 8.15. The van der Waals surface area contributed by atoms with Crippen LogP contribution in [0.2, 0.25) is 0 Å². The number of nitrogens with zero attached hydrogens (tertiary/aromatic N) is 2. The molecule has 0 atom stereocenters. The molecule has 1 saturated heterocycles. The molecule has 1 heterocycles. The van der Waals surface area contributed by atoms with Crippen LogP contribution in [0.25, 0.3) is 0 Å². The Morgan fingerprint density at radius 3 is 2.21 bits per heavy atom. The minimum absolute atomic E-state index is 0.121. The summed E-state index contributed by atoms with van der Waals surface area (Å²) in [6.45, 7) is 2.26. The summed E-state index contributed by atoms with van der Waals surface area (Å²) >= 11 is 1.35. The Labute approximate surface area is 204 Å². The Hall–Kier alpha value is -2.08. The van der Waals surface area contributed by atoms with Crippen LogP contribution in [0.5, 0.6) is 0 Å². The molecule has 0 spiro atoms. The van der Waals surface area contributed by atoms with E-state index >= 15 is 0 Å². The molecule has 0 aromatic heterocycles. The standard InChI is InChI=1S/C27H41N3O2S/c1-2-3-4-5-6-7-8-9-10-11-12-13-14-15-19-22-25(31)29-30-26(32)23-33-27(30)28-24-20-17-16-18-21-24/h9-10,16-18,20-21H,2-8,11-15,19,22-23H2,1H3,(H,29,31)/b10-9-,28-27?. The van der Waals surface area contributed by atoms with E-state index in [-0.39, 0.29) is 11.8 Å². The number of rotatable bonds is 17. The van der Waals surface area contributed by atoms with Crippen LogP contribution in [-0.2, 0) is 9.59 Å². The topological polar surface area (TPSA) is 61.8 Å². The average molecular weight is 472 g/mol. The molecule has 182 valence electrons. The van der Waals surface area contributed by atoms with Gasteiger partial charge in [0.25, 0.3) is 5.91 Å². The molecule has 2 rings (SSSR count). The van der Waals surface area contributed by atoms with E-state index in [4.69, 9.17) is 0 Å². The second-order valence-electron chi connectivity index (χ2n) is 8.62. The number of amidine groups is 1. The number of benzene rings is 1. The van der Waals surface area contributed by atoms with Gasteiger partial charge in [0.05, 0.1) is 11.4 Å². The van der Waals surface area contributed by atoms with Gasteiger partial charge in [-0.15, -0.1) is 0 Å². The van der Waals surface area contributed by atoms with Gasteiger partial charge in [-0.2, -0.15) is 5.01 Å². The summed E-state index contributed by atoms with van der Waals surface area (Å²) in [4.78, 5) is 28.9. The van der Waals surface area contributed by atoms with Gasteiger partial charge in [0.1, 0.15) is 0 Å². The Morgan fingerprint density at radius 2 is 1.55 bits per heavy atom. The van der Waals surface area contributed by atoms with Gasteiger partial charge in [-0.3, -0.25) is 15.0 Å². The summed E-state index contributed by atoms with van der Waals surface area (Å²) in [5.41, 5.74) is 3.50. The van der Waals surface area contributed by atoms with Crippen molar-refractivity contribution < 1.29 is 9.59 Å². The highest BCUT2D eigenvalue weighted by Gasteiger charge is 2.29. The second kappa shape index (κ2) is 17.4. The molecule has 0 bridgehead atoms. The smallest absolute Gasteiger partial charge is 0.258 e. The first-order valence-electron chi connectivity index (χ1n) is 12.7. The molecule has 0 saturated carbocycles. The van der Waals surface area contributed by atoms with E-state index in [1.165, 1.54) is 74.6 Å². The van der Waals surface area contributed by atoms with Crippen LogP contribution in [0.4, 0.5) is 5.69 Å². The molecule has 1 aromatic carbocycles. The van der Waals surface area contributed by atoms with Gasteiger partial charge in [0.15, 0.2) is 5.17 Å². The number of nitrogens with one attached hydrogen (secondary N) is 1. The van der Waals surface area contributed by atoms with E-state index in [1.807, 2.05) is 30.3 Å². The van der Waals surface area contributed by atoms with Gasteiger partial charge in [-0.1, -0.05) is 100 Å². The van der Waals surface area contributed by atoms with Crippen molar-refractivity contribution in [3.8, 4) is 0 Å². The fourth-order valence-corrected chi connectivity index (χ4v) is 4.53. The van der Waals surface area contributed by atoms with Crippen molar-refractivity contribution in [2.24, 2.45) is 4.99 Å². The summed E-state index contributed by atoms with van der Waals surface area (Å²) in [6, 6.07) is 9.47. The second-order valence-corrected chi connectivity index (χ2v) is 9.56. The van der Waals surface area contributed by atoms with Gasteiger partial charge in [-0.25, -0.2) is 4.99 Å². The zero-order chi connectivity index (χ0) is 23.6. The summed E-state index contributed by atoms with van der Waals surface area (Å²) in [6.07, 6.45) is 21.1. The lowest BCUT2D eigenvalue weighted by Crippen LogP contribution is -2.45. The van der Waals surface area contributed by atoms with Gasteiger partial charge >= 0.3 is 0 Å². The first-order valence-corrected chi connectivity index (χ1v) is 13.7. The molecule has 1 aliphatic heterocycles. The average Bonchev–Trinajstić information content (AvgIpc) is 3.16. The van der Waals surface area contributed by atoms with Crippen LogP contribution in [0, 0.1) is 0 Å². The number of unbranched alkanes of at least 4 members (excludes halogenated alkanes) is 11. The van der Waals surface area contributed by atoms with Gasteiger partial charge in [-0.05, 0) is 44.2 Å². The minimum atomic E-state index is -0.132. The predicted octanol–water partition coefficient (Wildman–Crippen LogP) is 7.32. The zero-order valence-electron chi connectivity index (χ0n) is 20.3. The first-order chi connectivity index (χ1) is 16.2. The van der Waals surface area contributed by atoms with Crippen LogP contribution in [0.15, 0.2) is 47.5 Å². The summed E-state index contributed by atoms with van der Waals surface area (Å²) in [5, 5.41) is 1.83. The van der Waals surface area contributed by atoms with E-state index < -0.39 is 0 Å². The molecule has 0 aliphatic carbocycles. The molecule has 1 aromatic rings. The molecule has 5 nitrogen and oxygen atoms in total. The summed E-state index contributed by atoms with van der Waals surface area (Å²) in [7, 11) is 0. The van der Waals surface area contributed by atoms with Crippen LogP contribution >= 0.6 is 11.8 Å². The maximum atomic E-state index is 12.3. The lowest BCUT2D eigenvalue weighted by atomic mass is 10.1. The Balaban J connectivity index is 1.49. The number of hydrogen-bond acceptors (Lipinski definition) is 4. The number of carbonyl (C=O) groups is 2. The number of amides is 2. The van der Waals surface area contributed by atoms with Gasteiger partial charge < -0.3 is 0 Å². The molecular weight excluding hydrogens is 430 g/mol. The third kappa shape index (κ3) is 12.1. The first kappa shape index (κ1) is 27.2. The van der Waals surface area contributed by atoms with Gasteiger partial charge in [0.2, 0.25) is 5.91 Å². The van der Waals surface area contributed by atoms with Crippen molar-refractivity contribution in [2.45, 2.75) is 96.8 Å². The van der Waals surface area contributed by atoms with E-state index in [1.54, 1.807) is 0 Å². The van der Waals surface area contributed by atoms with Crippen molar-refractivity contribution >= 4 is 34.4 Å². The van der Waals surface area contributed by atoms with Crippen LogP contribution in [0.1, 0.15) is 96.8 Å². The molecule has 1 aliphatic rings. The van der Waals surface area contributed by atoms with Gasteiger partial charge in [0, 0.05) is 6.42 Å². The molecule has 1 N–H and O–H groups in total. The summed E-state index contributed by atoms with van der Waals surface area (Å²) in [5.74, 6) is 0.0520. The highest BCUT2D eigenvalue weighted by atomic mass is 32.2. The highest BCUT2D eigenvalue weighted by Crippen LogP contribution is 2.22. The lowest BCUT2D eigenvalue weighted by molar-refractivity contribution is -0.134. The lowest BCUT2D eigenvalue weighted by Gasteiger charge is -2.17. The van der Waals surface area contributed by atoms with Crippen molar-refractivity contribution in [3.63, 3.8) is 0 Å². The van der Waals surface area contributed by atoms with Crippen molar-refractivity contribution in [1.82, 2.24) is 10.4 Å². The number of allylic oxidation sites excluding steroid dienone is 2. The molecule has 33 heavy (non-hydrogen) atoms. The quantitative estimate of drug-likeness (QED) is 0.191. The molecule has 2 amide bonds. The number of hydrazine groups is 1. The Kier molecular flexibility index (Phi) is 14.3. The molecule has 0 unspecified atom stereocenters.